The fourth-order valence-corrected chi connectivity index (χ4v) is 1.27. The SMILES string of the molecule is CN=NN(C(N)=O)c1cccc(C)c1C. The van der Waals surface area contributed by atoms with Crippen molar-refractivity contribution in [3.05, 3.63) is 29.3 Å². The third-order valence-corrected chi connectivity index (χ3v) is 2.19. The fraction of sp³-hybridized carbons (Fsp3) is 0.300. The summed E-state index contributed by atoms with van der Waals surface area (Å²) in [6.07, 6.45) is 0. The molecule has 2 amide bonds. The Morgan fingerprint density at radius 2 is 2.07 bits per heavy atom. The topological polar surface area (TPSA) is 71.1 Å². The van der Waals surface area contributed by atoms with E-state index in [1.807, 2.05) is 26.0 Å². The van der Waals surface area contributed by atoms with E-state index in [4.69, 9.17) is 5.73 Å². The maximum absolute atomic E-state index is 11.1. The van der Waals surface area contributed by atoms with Crippen LogP contribution < -0.4 is 10.7 Å². The van der Waals surface area contributed by atoms with Crippen molar-refractivity contribution in [1.82, 2.24) is 0 Å². The number of amides is 2. The summed E-state index contributed by atoms with van der Waals surface area (Å²) >= 11 is 0. The normalized spacial score (nSPS) is 10.6. The lowest BCUT2D eigenvalue weighted by molar-refractivity contribution is 0.253. The first-order valence-corrected chi connectivity index (χ1v) is 4.53. The highest BCUT2D eigenvalue weighted by Gasteiger charge is 2.14. The van der Waals surface area contributed by atoms with E-state index in [0.29, 0.717) is 5.69 Å². The second-order valence-electron chi connectivity index (χ2n) is 3.16. The van der Waals surface area contributed by atoms with Gasteiger partial charge in [0.2, 0.25) is 0 Å². The predicted molar refractivity (Wildman–Crippen MR) is 58.8 cm³/mol. The summed E-state index contributed by atoms with van der Waals surface area (Å²) in [6, 6.07) is 4.94. The van der Waals surface area contributed by atoms with Gasteiger partial charge in [0.25, 0.3) is 0 Å². The van der Waals surface area contributed by atoms with Gasteiger partial charge in [0, 0.05) is 0 Å². The molecule has 0 radical (unpaired) electrons. The smallest absolute Gasteiger partial charge is 0.341 e. The zero-order valence-electron chi connectivity index (χ0n) is 9.06. The Balaban J connectivity index is 3.23. The average Bonchev–Trinajstić information content (AvgIpc) is 2.19. The molecule has 1 aromatic carbocycles. The Hall–Kier alpha value is -1.91. The van der Waals surface area contributed by atoms with Gasteiger partial charge in [0.15, 0.2) is 0 Å². The number of carbonyl (C=O) groups excluding carboxylic acids is 1. The van der Waals surface area contributed by atoms with E-state index in [1.165, 1.54) is 7.05 Å². The Kier molecular flexibility index (Phi) is 3.38. The lowest BCUT2D eigenvalue weighted by atomic mass is 10.1. The van der Waals surface area contributed by atoms with Crippen molar-refractivity contribution in [2.45, 2.75) is 13.8 Å². The van der Waals surface area contributed by atoms with Crippen LogP contribution in [0, 0.1) is 13.8 Å². The first-order chi connectivity index (χ1) is 7.07. The zero-order chi connectivity index (χ0) is 11.4. The van der Waals surface area contributed by atoms with Crippen molar-refractivity contribution in [3.63, 3.8) is 0 Å². The van der Waals surface area contributed by atoms with Gasteiger partial charge >= 0.3 is 6.03 Å². The molecule has 0 aliphatic carbocycles. The summed E-state index contributed by atoms with van der Waals surface area (Å²) in [4.78, 5) is 11.1. The number of anilines is 1. The van der Waals surface area contributed by atoms with Crippen molar-refractivity contribution in [2.75, 3.05) is 12.1 Å². The van der Waals surface area contributed by atoms with Crippen LogP contribution in [0.4, 0.5) is 10.5 Å². The van der Waals surface area contributed by atoms with Crippen LogP contribution in [-0.2, 0) is 0 Å². The lowest BCUT2D eigenvalue weighted by Crippen LogP contribution is -2.31. The van der Waals surface area contributed by atoms with E-state index < -0.39 is 6.03 Å². The molecule has 1 rings (SSSR count). The van der Waals surface area contributed by atoms with Crippen LogP contribution >= 0.6 is 0 Å². The van der Waals surface area contributed by atoms with Crippen LogP contribution in [0.3, 0.4) is 0 Å². The van der Waals surface area contributed by atoms with Crippen LogP contribution in [0.2, 0.25) is 0 Å². The summed E-state index contributed by atoms with van der Waals surface area (Å²) in [7, 11) is 1.49. The Morgan fingerprint density at radius 1 is 1.40 bits per heavy atom. The largest absolute Gasteiger partial charge is 0.350 e. The Bertz CT molecular complexity index is 400. The highest BCUT2D eigenvalue weighted by atomic mass is 16.2. The molecule has 0 saturated carbocycles. The van der Waals surface area contributed by atoms with Crippen molar-refractivity contribution < 1.29 is 4.79 Å². The van der Waals surface area contributed by atoms with Gasteiger partial charge in [-0.3, -0.25) is 0 Å². The number of aryl methyl sites for hydroxylation is 1. The maximum atomic E-state index is 11.1. The molecule has 1 aromatic rings. The molecule has 0 bridgehead atoms. The zero-order valence-corrected chi connectivity index (χ0v) is 9.06. The van der Waals surface area contributed by atoms with Crippen molar-refractivity contribution in [2.24, 2.45) is 16.1 Å². The van der Waals surface area contributed by atoms with Crippen LogP contribution in [0.15, 0.2) is 28.5 Å². The number of benzene rings is 1. The third-order valence-electron chi connectivity index (χ3n) is 2.19. The van der Waals surface area contributed by atoms with Crippen LogP contribution in [0.5, 0.6) is 0 Å². The number of rotatable bonds is 2. The monoisotopic (exact) mass is 206 g/mol. The maximum Gasteiger partial charge on any atom is 0.341 e. The van der Waals surface area contributed by atoms with Crippen LogP contribution in [-0.4, -0.2) is 13.1 Å². The molecule has 5 nitrogen and oxygen atoms in total. The molecule has 5 heteroatoms. The number of primary amides is 1. The van der Waals surface area contributed by atoms with Crippen molar-refractivity contribution in [1.29, 1.82) is 0 Å². The van der Waals surface area contributed by atoms with Gasteiger partial charge in [0.1, 0.15) is 0 Å². The third kappa shape index (κ3) is 2.31. The number of nitrogens with two attached hydrogens (primary N) is 1. The summed E-state index contributed by atoms with van der Waals surface area (Å²) in [5.74, 6) is 0. The highest BCUT2D eigenvalue weighted by molar-refractivity contribution is 5.90. The van der Waals surface area contributed by atoms with E-state index in [-0.39, 0.29) is 0 Å². The molecule has 0 spiro atoms. The molecule has 0 atom stereocenters. The van der Waals surface area contributed by atoms with E-state index in [9.17, 15) is 4.79 Å². The van der Waals surface area contributed by atoms with Gasteiger partial charge in [-0.15, -0.1) is 0 Å². The molecule has 0 aliphatic heterocycles. The van der Waals surface area contributed by atoms with Gasteiger partial charge < -0.3 is 5.73 Å². The summed E-state index contributed by atoms with van der Waals surface area (Å²) in [5, 5.41) is 8.32. The molecule has 0 aliphatic rings. The molecule has 80 valence electrons. The van der Waals surface area contributed by atoms with E-state index in [1.54, 1.807) is 6.07 Å². The highest BCUT2D eigenvalue weighted by Crippen LogP contribution is 2.22. The Labute approximate surface area is 88.6 Å². The average molecular weight is 206 g/mol. The molecule has 2 N–H and O–H groups in total. The predicted octanol–water partition coefficient (Wildman–Crippen LogP) is 2.19. The van der Waals surface area contributed by atoms with E-state index in [2.05, 4.69) is 10.3 Å². The number of hydrogen-bond acceptors (Lipinski definition) is 3. The Morgan fingerprint density at radius 3 is 2.60 bits per heavy atom. The van der Waals surface area contributed by atoms with Gasteiger partial charge in [-0.25, -0.2) is 4.79 Å². The minimum Gasteiger partial charge on any atom is -0.350 e. The van der Waals surface area contributed by atoms with Crippen molar-refractivity contribution in [3.8, 4) is 0 Å². The molecular formula is C10H14N4O. The molecule has 0 aromatic heterocycles. The fourth-order valence-electron chi connectivity index (χ4n) is 1.27. The number of carbonyl (C=O) groups is 1. The number of hydrogen-bond donors (Lipinski definition) is 1. The van der Waals surface area contributed by atoms with Gasteiger partial charge in [-0.05, 0) is 31.0 Å². The molecule has 0 heterocycles. The van der Waals surface area contributed by atoms with E-state index in [0.717, 1.165) is 16.1 Å². The molecule has 0 saturated heterocycles. The minimum atomic E-state index is -0.644. The first-order valence-electron chi connectivity index (χ1n) is 4.53. The van der Waals surface area contributed by atoms with Gasteiger partial charge in [-0.2, -0.15) is 10.1 Å². The number of urea groups is 1. The molecule has 15 heavy (non-hydrogen) atoms. The summed E-state index contributed by atoms with van der Waals surface area (Å²) in [5.41, 5.74) is 7.90. The molecule has 0 unspecified atom stereocenters. The second-order valence-corrected chi connectivity index (χ2v) is 3.16. The second kappa shape index (κ2) is 4.54. The first kappa shape index (κ1) is 11.2. The minimum absolute atomic E-state index is 0.644. The standard InChI is InChI=1S/C10H14N4O/c1-7-5-4-6-9(8(7)2)14(10(11)15)13-12-3/h4-6H,1-3H3,(H2,11,15). The molecular weight excluding hydrogens is 192 g/mol. The van der Waals surface area contributed by atoms with Gasteiger partial charge in [-0.1, -0.05) is 17.4 Å². The van der Waals surface area contributed by atoms with Crippen LogP contribution in [0.25, 0.3) is 0 Å². The van der Waals surface area contributed by atoms with E-state index >= 15 is 0 Å². The van der Waals surface area contributed by atoms with Gasteiger partial charge in [0.05, 0.1) is 12.7 Å². The lowest BCUT2D eigenvalue weighted by Gasteiger charge is -2.16. The van der Waals surface area contributed by atoms with Crippen LogP contribution in [0.1, 0.15) is 11.1 Å². The summed E-state index contributed by atoms with van der Waals surface area (Å²) in [6.45, 7) is 3.87. The molecule has 0 fully saturated rings. The quantitative estimate of drug-likeness (QED) is 0.584. The summed E-state index contributed by atoms with van der Waals surface area (Å²) < 4.78 is 0. The van der Waals surface area contributed by atoms with Crippen molar-refractivity contribution >= 4 is 11.7 Å². The number of nitrogens with zero attached hydrogens (tertiary/aromatic N) is 3.